The number of ketones is 1. The molecule has 4 nitrogen and oxygen atoms in total. The Labute approximate surface area is 148 Å². The minimum Gasteiger partial charge on any atom is -0.496 e. The van der Waals surface area contributed by atoms with E-state index in [4.69, 9.17) is 14.2 Å². The molecule has 1 aliphatic rings. The van der Waals surface area contributed by atoms with Crippen molar-refractivity contribution in [3.8, 4) is 17.2 Å². The predicted molar refractivity (Wildman–Crippen MR) is 97.9 cm³/mol. The van der Waals surface area contributed by atoms with Crippen LogP contribution in [0.3, 0.4) is 0 Å². The summed E-state index contributed by atoms with van der Waals surface area (Å²) in [7, 11) is 4.80. The van der Waals surface area contributed by atoms with Crippen LogP contribution in [0.2, 0.25) is 0 Å². The van der Waals surface area contributed by atoms with Crippen molar-refractivity contribution in [1.82, 2.24) is 0 Å². The molecule has 0 aliphatic heterocycles. The molecular formula is C21H22O4. The number of benzene rings is 2. The van der Waals surface area contributed by atoms with E-state index in [1.54, 1.807) is 27.4 Å². The summed E-state index contributed by atoms with van der Waals surface area (Å²) in [6.07, 6.45) is 1.70. The Kier molecular flexibility index (Phi) is 4.29. The molecule has 0 fully saturated rings. The number of rotatable bonds is 4. The highest BCUT2D eigenvalue weighted by Crippen LogP contribution is 2.46. The summed E-state index contributed by atoms with van der Waals surface area (Å²) < 4.78 is 16.1. The summed E-state index contributed by atoms with van der Waals surface area (Å²) in [6, 6.07) is 11.4. The Bertz CT molecular complexity index is 862. The van der Waals surface area contributed by atoms with Crippen molar-refractivity contribution in [2.24, 2.45) is 0 Å². The van der Waals surface area contributed by atoms with E-state index >= 15 is 0 Å². The first-order valence-electron chi connectivity index (χ1n) is 8.10. The van der Waals surface area contributed by atoms with Crippen LogP contribution in [0.5, 0.6) is 17.2 Å². The molecule has 0 radical (unpaired) electrons. The smallest absolute Gasteiger partial charge is 0.190 e. The number of methoxy groups -OCH3 is 3. The summed E-state index contributed by atoms with van der Waals surface area (Å²) in [5.41, 5.74) is 3.13. The van der Waals surface area contributed by atoms with Crippen LogP contribution >= 0.6 is 0 Å². The Balaban J connectivity index is 2.18. The van der Waals surface area contributed by atoms with Gasteiger partial charge in [-0.25, -0.2) is 0 Å². The summed E-state index contributed by atoms with van der Waals surface area (Å²) in [5, 5.41) is 0. The lowest BCUT2D eigenvalue weighted by molar-refractivity contribution is 0.103. The molecular weight excluding hydrogens is 316 g/mol. The van der Waals surface area contributed by atoms with Crippen LogP contribution in [-0.2, 0) is 5.41 Å². The van der Waals surface area contributed by atoms with Gasteiger partial charge in [0.1, 0.15) is 5.75 Å². The van der Waals surface area contributed by atoms with Crippen LogP contribution < -0.4 is 14.2 Å². The second-order valence-corrected chi connectivity index (χ2v) is 6.50. The van der Waals surface area contributed by atoms with Crippen LogP contribution in [0.4, 0.5) is 0 Å². The lowest BCUT2D eigenvalue weighted by Gasteiger charge is -2.34. The highest BCUT2D eigenvalue weighted by molar-refractivity contribution is 6.15. The molecule has 0 amide bonds. The molecule has 0 unspecified atom stereocenters. The van der Waals surface area contributed by atoms with Crippen molar-refractivity contribution < 1.29 is 19.0 Å². The van der Waals surface area contributed by atoms with Crippen molar-refractivity contribution in [2.75, 3.05) is 21.3 Å². The normalized spacial score (nSPS) is 15.2. The molecule has 0 saturated heterocycles. The number of carbonyl (C=O) groups is 1. The number of allylic oxidation sites excluding steroid dienone is 2. The van der Waals surface area contributed by atoms with Gasteiger partial charge in [0.2, 0.25) is 0 Å². The van der Waals surface area contributed by atoms with Gasteiger partial charge >= 0.3 is 0 Å². The standard InChI is InChI=1S/C21H22O4/c1-21(2)14-7-6-8-18(24-4)20(14)16(22)12-15(21)13-9-10-17(23-3)19(11-13)25-5/h6-12H,1-5H3. The summed E-state index contributed by atoms with van der Waals surface area (Å²) in [5.74, 6) is 1.86. The largest absolute Gasteiger partial charge is 0.496 e. The highest BCUT2D eigenvalue weighted by atomic mass is 16.5. The Morgan fingerprint density at radius 3 is 2.16 bits per heavy atom. The molecule has 3 rings (SSSR count). The maximum absolute atomic E-state index is 12.8. The Morgan fingerprint density at radius 1 is 0.840 bits per heavy atom. The summed E-state index contributed by atoms with van der Waals surface area (Å²) in [4.78, 5) is 12.8. The van der Waals surface area contributed by atoms with E-state index < -0.39 is 0 Å². The van der Waals surface area contributed by atoms with Crippen LogP contribution in [0.25, 0.3) is 5.57 Å². The average Bonchev–Trinajstić information content (AvgIpc) is 2.63. The topological polar surface area (TPSA) is 44.8 Å². The first-order chi connectivity index (χ1) is 11.9. The van der Waals surface area contributed by atoms with Crippen LogP contribution in [-0.4, -0.2) is 27.1 Å². The summed E-state index contributed by atoms with van der Waals surface area (Å²) in [6.45, 7) is 4.22. The zero-order chi connectivity index (χ0) is 18.2. The lowest BCUT2D eigenvalue weighted by atomic mass is 9.69. The van der Waals surface area contributed by atoms with Gasteiger partial charge < -0.3 is 14.2 Å². The van der Waals surface area contributed by atoms with Crippen molar-refractivity contribution in [2.45, 2.75) is 19.3 Å². The predicted octanol–water partition coefficient (Wildman–Crippen LogP) is 4.27. The van der Waals surface area contributed by atoms with E-state index in [-0.39, 0.29) is 11.2 Å². The molecule has 0 bridgehead atoms. The molecule has 0 saturated carbocycles. The minimum absolute atomic E-state index is 0.0449. The number of hydrogen-bond donors (Lipinski definition) is 0. The van der Waals surface area contributed by atoms with Gasteiger partial charge in [-0.2, -0.15) is 0 Å². The van der Waals surface area contributed by atoms with Gasteiger partial charge in [-0.1, -0.05) is 32.0 Å². The van der Waals surface area contributed by atoms with Crippen LogP contribution in [0.15, 0.2) is 42.5 Å². The van der Waals surface area contributed by atoms with E-state index in [1.165, 1.54) is 0 Å². The van der Waals surface area contributed by atoms with Gasteiger partial charge in [0.05, 0.1) is 26.9 Å². The fourth-order valence-corrected chi connectivity index (χ4v) is 3.45. The quantitative estimate of drug-likeness (QED) is 0.835. The van der Waals surface area contributed by atoms with E-state index in [9.17, 15) is 4.79 Å². The highest BCUT2D eigenvalue weighted by Gasteiger charge is 2.36. The Morgan fingerprint density at radius 2 is 1.52 bits per heavy atom. The van der Waals surface area contributed by atoms with E-state index in [0.717, 1.165) is 16.7 Å². The molecule has 2 aromatic rings. The monoisotopic (exact) mass is 338 g/mol. The third-order valence-corrected chi connectivity index (χ3v) is 4.81. The number of carbonyl (C=O) groups excluding carboxylic acids is 1. The molecule has 130 valence electrons. The van der Waals surface area contributed by atoms with Gasteiger partial charge in [0, 0.05) is 5.41 Å². The fraction of sp³-hybridized carbons (Fsp3) is 0.286. The van der Waals surface area contributed by atoms with Crippen LogP contribution in [0, 0.1) is 0 Å². The second kappa shape index (κ2) is 6.28. The van der Waals surface area contributed by atoms with E-state index in [0.29, 0.717) is 22.8 Å². The SMILES string of the molecule is COc1ccc(C2=CC(=O)c3c(OC)cccc3C2(C)C)cc1OC. The van der Waals surface area contributed by atoms with Gasteiger partial charge in [0.25, 0.3) is 0 Å². The molecule has 0 heterocycles. The van der Waals surface area contributed by atoms with Crippen LogP contribution in [0.1, 0.15) is 35.3 Å². The van der Waals surface area contributed by atoms with Crippen molar-refractivity contribution in [3.63, 3.8) is 0 Å². The molecule has 0 aromatic heterocycles. The second-order valence-electron chi connectivity index (χ2n) is 6.50. The number of fused-ring (bicyclic) bond motifs is 1. The van der Waals surface area contributed by atoms with E-state index in [2.05, 4.69) is 13.8 Å². The fourth-order valence-electron chi connectivity index (χ4n) is 3.45. The maximum atomic E-state index is 12.8. The number of ether oxygens (including phenoxy) is 3. The third-order valence-electron chi connectivity index (χ3n) is 4.81. The molecule has 25 heavy (non-hydrogen) atoms. The first-order valence-corrected chi connectivity index (χ1v) is 8.10. The van der Waals surface area contributed by atoms with Crippen molar-refractivity contribution in [1.29, 1.82) is 0 Å². The summed E-state index contributed by atoms with van der Waals surface area (Å²) >= 11 is 0. The van der Waals surface area contributed by atoms with Gasteiger partial charge in [-0.15, -0.1) is 0 Å². The molecule has 1 aliphatic carbocycles. The Hall–Kier alpha value is -2.75. The molecule has 0 N–H and O–H groups in total. The zero-order valence-corrected chi connectivity index (χ0v) is 15.2. The maximum Gasteiger partial charge on any atom is 0.190 e. The lowest BCUT2D eigenvalue weighted by Crippen LogP contribution is -2.27. The first kappa shape index (κ1) is 17.1. The average molecular weight is 338 g/mol. The van der Waals surface area contributed by atoms with Gasteiger partial charge in [0.15, 0.2) is 17.3 Å². The molecule has 4 heteroatoms. The zero-order valence-electron chi connectivity index (χ0n) is 15.2. The number of hydrogen-bond acceptors (Lipinski definition) is 4. The molecule has 2 aromatic carbocycles. The third kappa shape index (κ3) is 2.68. The molecule has 0 spiro atoms. The van der Waals surface area contributed by atoms with Gasteiger partial charge in [-0.05, 0) is 41.0 Å². The molecule has 0 atom stereocenters. The van der Waals surface area contributed by atoms with Gasteiger partial charge in [-0.3, -0.25) is 4.79 Å². The van der Waals surface area contributed by atoms with Crippen molar-refractivity contribution >= 4 is 11.4 Å². The minimum atomic E-state index is -0.350. The van der Waals surface area contributed by atoms with E-state index in [1.807, 2.05) is 36.4 Å². The van der Waals surface area contributed by atoms with Crippen molar-refractivity contribution in [3.05, 3.63) is 59.2 Å².